The fraction of sp³-hybridized carbons (Fsp3) is 0.500. The highest BCUT2D eigenvalue weighted by atomic mass is 35.5. The number of nitrogens with two attached hydrogens (primary N) is 1. The van der Waals surface area contributed by atoms with Crippen LogP contribution >= 0.6 is 23.2 Å². The van der Waals surface area contributed by atoms with E-state index in [0.717, 1.165) is 12.0 Å². The Balaban J connectivity index is 2.71. The number of hydrogen-bond donors (Lipinski definition) is 1. The van der Waals surface area contributed by atoms with Gasteiger partial charge in [0.25, 0.3) is 0 Å². The quantitative estimate of drug-likeness (QED) is 0.886. The molecule has 1 aliphatic rings. The van der Waals surface area contributed by atoms with Crippen molar-refractivity contribution in [3.05, 3.63) is 32.8 Å². The summed E-state index contributed by atoms with van der Waals surface area (Å²) in [6.07, 6.45) is 3.06. The lowest BCUT2D eigenvalue weighted by Gasteiger charge is -2.31. The molecule has 0 fully saturated rings. The molecule has 1 aromatic carbocycles. The van der Waals surface area contributed by atoms with Gasteiger partial charge in [-0.25, -0.2) is 0 Å². The second-order valence-electron chi connectivity index (χ2n) is 5.56. The Labute approximate surface area is 134 Å². The molecule has 1 atom stereocenters. The summed E-state index contributed by atoms with van der Waals surface area (Å²) in [7, 11) is 0. The molecule has 2 N–H and O–H groups in total. The summed E-state index contributed by atoms with van der Waals surface area (Å²) in [4.78, 5) is 24.0. The molecule has 2 rings (SSSR count). The fourth-order valence-electron chi connectivity index (χ4n) is 3.26. The van der Waals surface area contributed by atoms with E-state index in [-0.39, 0.29) is 10.8 Å². The summed E-state index contributed by atoms with van der Waals surface area (Å²) in [5.41, 5.74) is 6.91. The van der Waals surface area contributed by atoms with Crippen molar-refractivity contribution in [2.45, 2.75) is 51.4 Å². The Kier molecular flexibility index (Phi) is 4.64. The first kappa shape index (κ1) is 16.3. The molecular weight excluding hydrogens is 309 g/mol. The lowest BCUT2D eigenvalue weighted by Crippen LogP contribution is -2.41. The van der Waals surface area contributed by atoms with Crippen LogP contribution in [0.4, 0.5) is 0 Å². The van der Waals surface area contributed by atoms with Gasteiger partial charge < -0.3 is 5.73 Å². The molecule has 0 bridgehead atoms. The Bertz CT molecular complexity index is 613. The molecule has 0 heterocycles. The number of rotatable bonds is 5. The van der Waals surface area contributed by atoms with Gasteiger partial charge >= 0.3 is 0 Å². The maximum atomic E-state index is 12.1. The molecule has 0 aromatic heterocycles. The Hall–Kier alpha value is -1.06. The van der Waals surface area contributed by atoms with Gasteiger partial charge in [-0.3, -0.25) is 9.59 Å². The van der Waals surface area contributed by atoms with Crippen LogP contribution in [-0.4, -0.2) is 11.7 Å². The zero-order valence-electron chi connectivity index (χ0n) is 12.3. The Morgan fingerprint density at radius 2 is 1.95 bits per heavy atom. The van der Waals surface area contributed by atoms with Crippen LogP contribution in [0.5, 0.6) is 0 Å². The monoisotopic (exact) mass is 327 g/mol. The van der Waals surface area contributed by atoms with Crippen LogP contribution in [-0.2, 0) is 16.6 Å². The van der Waals surface area contributed by atoms with Gasteiger partial charge in [-0.1, -0.05) is 49.5 Å². The van der Waals surface area contributed by atoms with Crippen molar-refractivity contribution in [3.63, 3.8) is 0 Å². The number of amides is 1. The number of carbonyl (C=O) groups excluding carboxylic acids is 2. The number of carbonyl (C=O) groups is 2. The molecule has 21 heavy (non-hydrogen) atoms. The van der Waals surface area contributed by atoms with Crippen molar-refractivity contribution in [1.82, 2.24) is 0 Å². The second-order valence-corrected chi connectivity index (χ2v) is 6.32. The average molecular weight is 328 g/mol. The number of fused-ring (bicyclic) bond motifs is 1. The Morgan fingerprint density at radius 1 is 1.29 bits per heavy atom. The summed E-state index contributed by atoms with van der Waals surface area (Å²) in [6, 6.07) is 1.86. The molecule has 0 aliphatic heterocycles. The molecular formula is C16H19Cl2NO2. The van der Waals surface area contributed by atoms with Crippen LogP contribution in [0.1, 0.15) is 61.0 Å². The van der Waals surface area contributed by atoms with Gasteiger partial charge in [0.1, 0.15) is 0 Å². The van der Waals surface area contributed by atoms with E-state index in [4.69, 9.17) is 28.9 Å². The zero-order chi connectivity index (χ0) is 15.8. The summed E-state index contributed by atoms with van der Waals surface area (Å²) in [6.45, 7) is 3.92. The van der Waals surface area contributed by atoms with Gasteiger partial charge in [-0.2, -0.15) is 0 Å². The lowest BCUT2D eigenvalue weighted by atomic mass is 9.73. The summed E-state index contributed by atoms with van der Waals surface area (Å²) in [5.74, 6) is -0.380. The van der Waals surface area contributed by atoms with Gasteiger partial charge in [0.2, 0.25) is 5.91 Å². The first-order chi connectivity index (χ1) is 9.89. The van der Waals surface area contributed by atoms with Crippen LogP contribution in [0, 0.1) is 0 Å². The minimum atomic E-state index is -0.823. The van der Waals surface area contributed by atoms with Crippen molar-refractivity contribution in [3.8, 4) is 0 Å². The van der Waals surface area contributed by atoms with E-state index < -0.39 is 11.3 Å². The second kappa shape index (κ2) is 5.98. The lowest BCUT2D eigenvalue weighted by molar-refractivity contribution is -0.124. The van der Waals surface area contributed by atoms with Crippen molar-refractivity contribution < 1.29 is 9.59 Å². The van der Waals surface area contributed by atoms with E-state index >= 15 is 0 Å². The predicted octanol–water partition coefficient (Wildman–Crippen LogP) is 4.06. The molecule has 1 aliphatic carbocycles. The molecule has 0 radical (unpaired) electrons. The first-order valence-electron chi connectivity index (χ1n) is 7.23. The van der Waals surface area contributed by atoms with Crippen LogP contribution < -0.4 is 5.73 Å². The standard InChI is InChI=1S/C16H19Cl2NO2/c1-3-7-16(4-2,15(19)21)10-8-9-5-6-11(20)12(9)14(18)13(10)17/h8H,3-7H2,1-2H3,(H2,19,21). The third-order valence-electron chi connectivity index (χ3n) is 4.46. The van der Waals surface area contributed by atoms with Crippen molar-refractivity contribution in [2.24, 2.45) is 5.73 Å². The number of benzene rings is 1. The number of Topliss-reactive ketones (excluding diaryl/α,β-unsaturated/α-hetero) is 1. The van der Waals surface area contributed by atoms with E-state index in [0.29, 0.717) is 41.8 Å². The number of ketones is 1. The average Bonchev–Trinajstić information content (AvgIpc) is 2.81. The Morgan fingerprint density at radius 3 is 2.48 bits per heavy atom. The third-order valence-corrected chi connectivity index (χ3v) is 5.32. The maximum Gasteiger partial charge on any atom is 0.228 e. The van der Waals surface area contributed by atoms with Crippen molar-refractivity contribution >= 4 is 34.9 Å². The highest BCUT2D eigenvalue weighted by Gasteiger charge is 2.40. The summed E-state index contributed by atoms with van der Waals surface area (Å²) < 4.78 is 0. The van der Waals surface area contributed by atoms with Crippen molar-refractivity contribution in [1.29, 1.82) is 0 Å². The van der Waals surface area contributed by atoms with E-state index in [1.54, 1.807) is 0 Å². The number of primary amides is 1. The molecule has 114 valence electrons. The largest absolute Gasteiger partial charge is 0.369 e. The van der Waals surface area contributed by atoms with Crippen molar-refractivity contribution in [2.75, 3.05) is 0 Å². The molecule has 1 unspecified atom stereocenters. The van der Waals surface area contributed by atoms with Crippen LogP contribution in [0.25, 0.3) is 0 Å². The first-order valence-corrected chi connectivity index (χ1v) is 7.99. The minimum Gasteiger partial charge on any atom is -0.369 e. The van der Waals surface area contributed by atoms with Gasteiger partial charge in [0.05, 0.1) is 15.5 Å². The smallest absolute Gasteiger partial charge is 0.228 e. The molecule has 0 spiro atoms. The number of hydrogen-bond acceptors (Lipinski definition) is 2. The zero-order valence-corrected chi connectivity index (χ0v) is 13.8. The molecule has 5 heteroatoms. The highest BCUT2D eigenvalue weighted by molar-refractivity contribution is 6.45. The van der Waals surface area contributed by atoms with E-state index in [1.807, 2.05) is 19.9 Å². The summed E-state index contributed by atoms with van der Waals surface area (Å²) in [5, 5.41) is 0.557. The molecule has 0 saturated heterocycles. The molecule has 0 saturated carbocycles. The fourth-order valence-corrected chi connectivity index (χ4v) is 3.92. The normalized spacial score (nSPS) is 16.7. The maximum absolute atomic E-state index is 12.1. The predicted molar refractivity (Wildman–Crippen MR) is 85.2 cm³/mol. The molecule has 3 nitrogen and oxygen atoms in total. The number of aryl methyl sites for hydroxylation is 1. The number of halogens is 2. The molecule has 1 aromatic rings. The van der Waals surface area contributed by atoms with Crippen LogP contribution in [0.2, 0.25) is 10.0 Å². The SMILES string of the molecule is CCCC(CC)(C(N)=O)c1cc2c(c(Cl)c1Cl)C(=O)CC2. The van der Waals surface area contributed by atoms with Crippen LogP contribution in [0.3, 0.4) is 0 Å². The summed E-state index contributed by atoms with van der Waals surface area (Å²) >= 11 is 12.7. The van der Waals surface area contributed by atoms with E-state index in [1.165, 1.54) is 0 Å². The van der Waals surface area contributed by atoms with Gasteiger partial charge in [0.15, 0.2) is 5.78 Å². The third kappa shape index (κ3) is 2.47. The van der Waals surface area contributed by atoms with Gasteiger partial charge in [0, 0.05) is 12.0 Å². The van der Waals surface area contributed by atoms with Gasteiger partial charge in [-0.05, 0) is 30.4 Å². The van der Waals surface area contributed by atoms with E-state index in [2.05, 4.69) is 0 Å². The highest BCUT2D eigenvalue weighted by Crippen LogP contribution is 2.44. The minimum absolute atomic E-state index is 0.0140. The van der Waals surface area contributed by atoms with E-state index in [9.17, 15) is 9.59 Å². The van der Waals surface area contributed by atoms with Crippen LogP contribution in [0.15, 0.2) is 6.07 Å². The molecule has 1 amide bonds. The van der Waals surface area contributed by atoms with Gasteiger partial charge in [-0.15, -0.1) is 0 Å². The topological polar surface area (TPSA) is 60.2 Å².